The first-order valence-corrected chi connectivity index (χ1v) is 6.79. The minimum absolute atomic E-state index is 0.134. The van der Waals surface area contributed by atoms with Crippen molar-refractivity contribution in [2.75, 3.05) is 29.9 Å². The highest BCUT2D eigenvalue weighted by molar-refractivity contribution is 5.90. The van der Waals surface area contributed by atoms with Gasteiger partial charge in [0.1, 0.15) is 5.54 Å². The molecule has 0 aliphatic carbocycles. The SMILES string of the molecule is CCCNc1ncc(F)c(N2CCNC(=O)C2(C)C)n1. The molecule has 1 fully saturated rings. The molecular formula is C13H20FN5O. The number of anilines is 2. The molecule has 0 bridgehead atoms. The summed E-state index contributed by atoms with van der Waals surface area (Å²) in [6, 6.07) is 0. The summed E-state index contributed by atoms with van der Waals surface area (Å²) in [7, 11) is 0. The van der Waals surface area contributed by atoms with Crippen LogP contribution in [0.5, 0.6) is 0 Å². The Morgan fingerprint density at radius 2 is 2.30 bits per heavy atom. The van der Waals surface area contributed by atoms with Gasteiger partial charge in [-0.25, -0.2) is 9.37 Å². The predicted molar refractivity (Wildman–Crippen MR) is 75.2 cm³/mol. The summed E-state index contributed by atoms with van der Waals surface area (Å²) in [5, 5.41) is 5.80. The zero-order chi connectivity index (χ0) is 14.8. The van der Waals surface area contributed by atoms with Crippen molar-refractivity contribution in [1.29, 1.82) is 0 Å². The van der Waals surface area contributed by atoms with Gasteiger partial charge in [0.05, 0.1) is 6.20 Å². The Hall–Kier alpha value is -1.92. The highest BCUT2D eigenvalue weighted by Crippen LogP contribution is 2.27. The van der Waals surface area contributed by atoms with Crippen LogP contribution in [0.4, 0.5) is 16.2 Å². The van der Waals surface area contributed by atoms with Crippen molar-refractivity contribution in [3.63, 3.8) is 0 Å². The average molecular weight is 281 g/mol. The third-order valence-electron chi connectivity index (χ3n) is 3.37. The van der Waals surface area contributed by atoms with Crippen LogP contribution in [0.1, 0.15) is 27.2 Å². The summed E-state index contributed by atoms with van der Waals surface area (Å²) in [6.45, 7) is 7.23. The van der Waals surface area contributed by atoms with Gasteiger partial charge in [-0.1, -0.05) is 6.92 Å². The van der Waals surface area contributed by atoms with E-state index >= 15 is 0 Å². The molecular weight excluding hydrogens is 261 g/mol. The molecule has 0 unspecified atom stereocenters. The van der Waals surface area contributed by atoms with Crippen molar-refractivity contribution in [3.8, 4) is 0 Å². The fourth-order valence-electron chi connectivity index (χ4n) is 2.14. The summed E-state index contributed by atoms with van der Waals surface area (Å²) in [5.74, 6) is -0.108. The van der Waals surface area contributed by atoms with E-state index < -0.39 is 11.4 Å². The topological polar surface area (TPSA) is 70.2 Å². The molecule has 1 saturated heterocycles. The summed E-state index contributed by atoms with van der Waals surface area (Å²) in [6.07, 6.45) is 2.07. The van der Waals surface area contributed by atoms with Gasteiger partial charge in [-0.3, -0.25) is 4.79 Å². The van der Waals surface area contributed by atoms with Gasteiger partial charge in [-0.15, -0.1) is 0 Å². The van der Waals surface area contributed by atoms with Crippen LogP contribution < -0.4 is 15.5 Å². The van der Waals surface area contributed by atoms with Gasteiger partial charge in [0.2, 0.25) is 11.9 Å². The van der Waals surface area contributed by atoms with Gasteiger partial charge in [0.25, 0.3) is 0 Å². The van der Waals surface area contributed by atoms with Gasteiger partial charge < -0.3 is 15.5 Å². The zero-order valence-corrected chi connectivity index (χ0v) is 12.0. The number of halogens is 1. The van der Waals surface area contributed by atoms with Crippen LogP contribution in [0.15, 0.2) is 6.20 Å². The Bertz CT molecular complexity index is 506. The Labute approximate surface area is 117 Å². The van der Waals surface area contributed by atoms with Crippen molar-refractivity contribution in [2.24, 2.45) is 0 Å². The fourth-order valence-corrected chi connectivity index (χ4v) is 2.14. The molecule has 1 aromatic heterocycles. The van der Waals surface area contributed by atoms with Gasteiger partial charge in [-0.2, -0.15) is 4.98 Å². The number of amides is 1. The number of hydrogen-bond donors (Lipinski definition) is 2. The molecule has 1 aliphatic heterocycles. The molecule has 0 aromatic carbocycles. The zero-order valence-electron chi connectivity index (χ0n) is 12.0. The van der Waals surface area contributed by atoms with Crippen molar-refractivity contribution in [1.82, 2.24) is 15.3 Å². The summed E-state index contributed by atoms with van der Waals surface area (Å²) in [5.41, 5.74) is -0.838. The summed E-state index contributed by atoms with van der Waals surface area (Å²) in [4.78, 5) is 21.7. The third-order valence-corrected chi connectivity index (χ3v) is 3.37. The van der Waals surface area contributed by atoms with E-state index in [1.165, 1.54) is 0 Å². The first kappa shape index (κ1) is 14.5. The molecule has 2 heterocycles. The molecule has 1 aliphatic rings. The van der Waals surface area contributed by atoms with Crippen LogP contribution in [0, 0.1) is 5.82 Å². The smallest absolute Gasteiger partial charge is 0.245 e. The first-order chi connectivity index (χ1) is 9.46. The number of carbonyl (C=O) groups is 1. The number of hydrogen-bond acceptors (Lipinski definition) is 5. The average Bonchev–Trinajstić information content (AvgIpc) is 2.41. The van der Waals surface area contributed by atoms with Gasteiger partial charge in [-0.05, 0) is 20.3 Å². The monoisotopic (exact) mass is 281 g/mol. The predicted octanol–water partition coefficient (Wildman–Crippen LogP) is 1.15. The highest BCUT2D eigenvalue weighted by Gasteiger charge is 2.39. The largest absolute Gasteiger partial charge is 0.354 e. The molecule has 7 heteroatoms. The highest BCUT2D eigenvalue weighted by atomic mass is 19.1. The molecule has 110 valence electrons. The van der Waals surface area contributed by atoms with Crippen molar-refractivity contribution < 1.29 is 9.18 Å². The Kier molecular flexibility index (Phi) is 4.06. The first-order valence-electron chi connectivity index (χ1n) is 6.79. The summed E-state index contributed by atoms with van der Waals surface area (Å²) >= 11 is 0. The van der Waals surface area contributed by atoms with Crippen LogP contribution in [0.3, 0.4) is 0 Å². The van der Waals surface area contributed by atoms with E-state index in [0.717, 1.165) is 19.2 Å². The van der Waals surface area contributed by atoms with E-state index in [0.29, 0.717) is 19.0 Å². The second-order valence-electron chi connectivity index (χ2n) is 5.26. The lowest BCUT2D eigenvalue weighted by Crippen LogP contribution is -2.62. The molecule has 6 nitrogen and oxygen atoms in total. The van der Waals surface area contributed by atoms with Gasteiger partial charge in [0.15, 0.2) is 11.6 Å². The molecule has 1 aromatic rings. The number of aromatic nitrogens is 2. The van der Waals surface area contributed by atoms with E-state index in [4.69, 9.17) is 0 Å². The number of nitrogens with zero attached hydrogens (tertiary/aromatic N) is 3. The van der Waals surface area contributed by atoms with E-state index in [1.807, 2.05) is 6.92 Å². The Morgan fingerprint density at radius 3 is 3.00 bits per heavy atom. The lowest BCUT2D eigenvalue weighted by molar-refractivity contribution is -0.126. The lowest BCUT2D eigenvalue weighted by atomic mass is 9.99. The van der Waals surface area contributed by atoms with E-state index in [2.05, 4.69) is 20.6 Å². The minimum Gasteiger partial charge on any atom is -0.354 e. The van der Waals surface area contributed by atoms with Crippen molar-refractivity contribution in [2.45, 2.75) is 32.7 Å². The van der Waals surface area contributed by atoms with Crippen LogP contribution in [-0.2, 0) is 4.79 Å². The Balaban J connectivity index is 2.32. The fraction of sp³-hybridized carbons (Fsp3) is 0.615. The van der Waals surface area contributed by atoms with Crippen molar-refractivity contribution in [3.05, 3.63) is 12.0 Å². The normalized spacial score (nSPS) is 17.8. The molecule has 0 radical (unpaired) electrons. The molecule has 2 N–H and O–H groups in total. The van der Waals surface area contributed by atoms with Crippen molar-refractivity contribution >= 4 is 17.7 Å². The van der Waals surface area contributed by atoms with E-state index in [9.17, 15) is 9.18 Å². The number of nitrogens with one attached hydrogen (secondary N) is 2. The molecule has 2 rings (SSSR count). The van der Waals surface area contributed by atoms with Crippen LogP contribution in [0.25, 0.3) is 0 Å². The number of piperazine rings is 1. The second kappa shape index (κ2) is 5.60. The summed E-state index contributed by atoms with van der Waals surface area (Å²) < 4.78 is 14.0. The van der Waals surface area contributed by atoms with Crippen LogP contribution in [-0.4, -0.2) is 41.0 Å². The quantitative estimate of drug-likeness (QED) is 0.866. The minimum atomic E-state index is -0.838. The third kappa shape index (κ3) is 2.66. The van der Waals surface area contributed by atoms with Crippen LogP contribution in [0.2, 0.25) is 0 Å². The van der Waals surface area contributed by atoms with Crippen LogP contribution >= 0.6 is 0 Å². The maximum absolute atomic E-state index is 14.0. The molecule has 1 amide bonds. The maximum Gasteiger partial charge on any atom is 0.245 e. The van der Waals surface area contributed by atoms with E-state index in [1.54, 1.807) is 18.7 Å². The maximum atomic E-state index is 14.0. The van der Waals surface area contributed by atoms with Gasteiger partial charge in [0, 0.05) is 19.6 Å². The molecule has 0 spiro atoms. The number of rotatable bonds is 4. The standard InChI is InChI=1S/C13H20FN5O/c1-4-5-16-12-17-8-9(14)10(18-12)19-7-6-15-11(20)13(19,2)3/h8H,4-7H2,1-3H3,(H,15,20)(H,16,17,18). The second-order valence-corrected chi connectivity index (χ2v) is 5.26. The lowest BCUT2D eigenvalue weighted by Gasteiger charge is -2.41. The van der Waals surface area contributed by atoms with Gasteiger partial charge >= 0.3 is 0 Å². The van der Waals surface area contributed by atoms with E-state index in [-0.39, 0.29) is 11.7 Å². The molecule has 0 atom stereocenters. The molecule has 20 heavy (non-hydrogen) atoms. The Morgan fingerprint density at radius 1 is 1.55 bits per heavy atom. The number of carbonyl (C=O) groups excluding carboxylic acids is 1. The molecule has 0 saturated carbocycles.